The molecule has 0 bridgehead atoms. The lowest BCUT2D eigenvalue weighted by molar-refractivity contribution is -0.141. The van der Waals surface area contributed by atoms with Crippen molar-refractivity contribution in [3.8, 4) is 5.75 Å². The number of rotatable bonds is 63. The van der Waals surface area contributed by atoms with E-state index < -0.39 is 45.8 Å². The van der Waals surface area contributed by atoms with E-state index in [0.29, 0.717) is 137 Å². The maximum Gasteiger partial charge on any atom is 0.475 e. The van der Waals surface area contributed by atoms with Gasteiger partial charge in [0.25, 0.3) is 0 Å². The third-order valence-electron chi connectivity index (χ3n) is 15.9. The van der Waals surface area contributed by atoms with Crippen molar-refractivity contribution in [1.82, 2.24) is 21.3 Å². The molecule has 0 aliphatic carbocycles. The molecule has 35 heteroatoms. The minimum Gasteiger partial charge on any atom is -0.497 e. The number of thioether (sulfide) groups is 1. The van der Waals surface area contributed by atoms with E-state index in [4.69, 9.17) is 92.8 Å². The molecule has 2 fully saturated rings. The number of benzene rings is 3. The second-order valence-corrected chi connectivity index (χ2v) is 35.5. The third-order valence-corrected chi connectivity index (χ3v) is 22.9. The predicted octanol–water partition coefficient (Wildman–Crippen LogP) is 13.6. The predicted molar refractivity (Wildman–Crippen MR) is 442 cm³/mol. The SMILES string of the molecule is CCCOCCOCCOCCOP(=O)(OCCCC(=O)OC)OC(C)(C)C.CCOCCOCCOCCOCCOCCOP(=O)(OCCC(CCNC(=O)CCCC1SCC2NC(=O)NC21)OC)OC(C)(C)C.COc1ccc(C(NCCOCCOP(=O)(OC(C)C)OC(C)(C)C)(c2ccccc2)c2ccccc2)cc1. The summed E-state index contributed by atoms with van der Waals surface area (Å²) < 4.78 is 153. The quantitative estimate of drug-likeness (QED) is 0.0134. The van der Waals surface area contributed by atoms with Gasteiger partial charge in [-0.2, -0.15) is 11.8 Å². The summed E-state index contributed by atoms with van der Waals surface area (Å²) in [4.78, 5) is 35.0. The van der Waals surface area contributed by atoms with Gasteiger partial charge in [-0.05, 0) is 150 Å². The van der Waals surface area contributed by atoms with Gasteiger partial charge in [0.2, 0.25) is 5.91 Å². The summed E-state index contributed by atoms with van der Waals surface area (Å²) >= 11 is 1.84. The number of phosphoric acid groups is 3. The van der Waals surface area contributed by atoms with Gasteiger partial charge in [0.15, 0.2) is 0 Å². The van der Waals surface area contributed by atoms with Crippen LogP contribution >= 0.6 is 35.2 Å². The molecule has 2 aliphatic heterocycles. The van der Waals surface area contributed by atoms with E-state index in [1.165, 1.54) is 7.11 Å². The highest BCUT2D eigenvalue weighted by molar-refractivity contribution is 8.00. The smallest absolute Gasteiger partial charge is 0.475 e. The zero-order chi connectivity index (χ0) is 84.8. The Morgan fingerprint density at radius 3 is 1.38 bits per heavy atom. The molecule has 662 valence electrons. The van der Waals surface area contributed by atoms with Gasteiger partial charge in [0.1, 0.15) is 5.75 Å². The van der Waals surface area contributed by atoms with Crippen LogP contribution in [-0.2, 0) is 122 Å². The molecular weight excluding hydrogens is 1570 g/mol. The fourth-order valence-electron chi connectivity index (χ4n) is 11.0. The Labute approximate surface area is 689 Å². The summed E-state index contributed by atoms with van der Waals surface area (Å²) in [5.41, 5.74) is 0.534. The van der Waals surface area contributed by atoms with Crippen LogP contribution in [0.3, 0.4) is 0 Å². The second-order valence-electron chi connectivity index (χ2n) is 29.5. The summed E-state index contributed by atoms with van der Waals surface area (Å²) in [6.45, 7) is 33.0. The Kier molecular flexibility index (Phi) is 54.5. The summed E-state index contributed by atoms with van der Waals surface area (Å²) in [5, 5.41) is 13.0. The van der Waals surface area contributed by atoms with Crippen LogP contribution in [0.2, 0.25) is 0 Å². The van der Waals surface area contributed by atoms with Gasteiger partial charge in [-0.3, -0.25) is 55.6 Å². The number of carbonyl (C=O) groups excluding carboxylic acids is 3. The number of hydrogen-bond acceptors (Lipinski definition) is 29. The highest BCUT2D eigenvalue weighted by Crippen LogP contribution is 2.55. The van der Waals surface area contributed by atoms with Crippen molar-refractivity contribution < 1.29 is 126 Å². The largest absolute Gasteiger partial charge is 0.497 e. The average molecular weight is 1710 g/mol. The van der Waals surface area contributed by atoms with Crippen molar-refractivity contribution in [3.63, 3.8) is 0 Å². The summed E-state index contributed by atoms with van der Waals surface area (Å²) in [6, 6.07) is 29.1. The molecule has 3 amide bonds. The first-order valence-electron chi connectivity index (χ1n) is 39.9. The topological polar surface area (TPSA) is 344 Å². The van der Waals surface area contributed by atoms with Gasteiger partial charge in [-0.25, -0.2) is 18.5 Å². The van der Waals surface area contributed by atoms with Crippen LogP contribution in [0.5, 0.6) is 5.75 Å². The number of fused-ring (bicyclic) bond motifs is 1. The Morgan fingerprint density at radius 2 is 0.930 bits per heavy atom. The molecule has 3 aromatic carbocycles. The van der Waals surface area contributed by atoms with Gasteiger partial charge in [-0.1, -0.05) is 79.7 Å². The van der Waals surface area contributed by atoms with Gasteiger partial charge < -0.3 is 72.8 Å². The van der Waals surface area contributed by atoms with Crippen molar-refractivity contribution in [2.45, 2.75) is 193 Å². The molecule has 0 radical (unpaired) electrons. The number of carbonyl (C=O) groups is 3. The summed E-state index contributed by atoms with van der Waals surface area (Å²) in [6.07, 6.45) is 4.06. The minimum absolute atomic E-state index is 0.0145. The third kappa shape index (κ3) is 48.8. The first-order valence-corrected chi connectivity index (χ1v) is 45.4. The van der Waals surface area contributed by atoms with Gasteiger partial charge in [-0.15, -0.1) is 0 Å². The molecular formula is C80H139N4O27P3S. The molecule has 5 rings (SSSR count). The zero-order valence-corrected chi connectivity index (χ0v) is 74.8. The van der Waals surface area contributed by atoms with Crippen LogP contribution < -0.4 is 26.0 Å². The van der Waals surface area contributed by atoms with Crippen molar-refractivity contribution in [2.24, 2.45) is 0 Å². The lowest BCUT2D eigenvalue weighted by atomic mass is 9.77. The zero-order valence-electron chi connectivity index (χ0n) is 71.3. The van der Waals surface area contributed by atoms with E-state index in [0.717, 1.165) is 54.1 Å². The van der Waals surface area contributed by atoms with E-state index >= 15 is 0 Å². The monoisotopic (exact) mass is 1710 g/mol. The molecule has 4 N–H and O–H groups in total. The average Bonchev–Trinajstić information content (AvgIpc) is 1.56. The lowest BCUT2D eigenvalue weighted by Crippen LogP contribution is -2.46. The van der Waals surface area contributed by atoms with E-state index in [1.807, 2.05) is 88.0 Å². The Bertz CT molecular complexity index is 3120. The van der Waals surface area contributed by atoms with Gasteiger partial charge >= 0.3 is 35.5 Å². The number of esters is 1. The first-order chi connectivity index (χ1) is 54.8. The van der Waals surface area contributed by atoms with Gasteiger partial charge in [0, 0.05) is 57.3 Å². The van der Waals surface area contributed by atoms with Crippen LogP contribution in [0.1, 0.15) is 158 Å². The van der Waals surface area contributed by atoms with Crippen molar-refractivity contribution >= 4 is 53.1 Å². The Balaban J connectivity index is 0.000000462. The molecule has 2 heterocycles. The number of nitrogens with one attached hydrogen (secondary N) is 4. The van der Waals surface area contributed by atoms with E-state index in [-0.39, 0.29) is 101 Å². The molecule has 0 saturated carbocycles. The number of amides is 3. The number of urea groups is 1. The normalized spacial score (nSPS) is 16.9. The van der Waals surface area contributed by atoms with E-state index in [9.17, 15) is 28.1 Å². The molecule has 7 atom stereocenters. The molecule has 2 saturated heterocycles. The maximum atomic E-state index is 13.3. The lowest BCUT2D eigenvalue weighted by Gasteiger charge is -2.37. The summed E-state index contributed by atoms with van der Waals surface area (Å²) in [7, 11) is -6.78. The number of ether oxygens (including phenoxy) is 12. The summed E-state index contributed by atoms with van der Waals surface area (Å²) in [5.74, 6) is 1.33. The first kappa shape index (κ1) is 105. The van der Waals surface area contributed by atoms with Crippen molar-refractivity contribution in [1.29, 1.82) is 0 Å². The van der Waals surface area contributed by atoms with E-state index in [1.54, 1.807) is 69.6 Å². The van der Waals surface area contributed by atoms with Crippen LogP contribution in [0, 0.1) is 0 Å². The van der Waals surface area contributed by atoms with Crippen LogP contribution in [0.25, 0.3) is 0 Å². The second kappa shape index (κ2) is 59.6. The van der Waals surface area contributed by atoms with Crippen molar-refractivity contribution in [2.75, 3.05) is 192 Å². The van der Waals surface area contributed by atoms with Crippen LogP contribution in [0.4, 0.5) is 4.79 Å². The van der Waals surface area contributed by atoms with E-state index in [2.05, 4.69) is 69.3 Å². The molecule has 2 aliphatic rings. The van der Waals surface area contributed by atoms with Crippen LogP contribution in [0.15, 0.2) is 84.9 Å². The van der Waals surface area contributed by atoms with Crippen LogP contribution in [-0.4, -0.2) is 256 Å². The highest BCUT2D eigenvalue weighted by Gasteiger charge is 2.43. The Morgan fingerprint density at radius 1 is 0.496 bits per heavy atom. The molecule has 31 nitrogen and oxygen atoms in total. The number of phosphoric ester groups is 3. The molecule has 0 spiro atoms. The van der Waals surface area contributed by atoms with Gasteiger partial charge in [0.05, 0.1) is 200 Å². The maximum absolute atomic E-state index is 13.3. The molecule has 115 heavy (non-hydrogen) atoms. The standard InChI is InChI=1S/C31H60N3O12PS.C31H42NO6P.C18H37O9P/c1-6-39-14-15-40-16-17-41-18-19-42-20-21-43-22-23-45-47(37,46-31(2,3)4)44-13-11-25(38-5)10-12-32-28(35)9-7-8-27-29-26(24-48-27)33-30(36)34-29;1-25(2)37-39(33,38-30(3,4)5)36-24-23-35-22-21-32-31(26-13-9-7-10-14-26,27-15-11-8-12-16-27)28-17-19-29(34-6)20-18-28;1-6-9-22-11-12-23-13-14-24-15-16-26-28(20,27-18(2,3)4)25-10-7-8-17(19)21-5/h25-27,29H,6-24H2,1-5H3,(H,32,35)(H2,33,34,36);7-20,25,32H,21-24H2,1-6H3;6-16H2,1-5H3. The molecule has 3 aromatic rings. The number of methoxy groups -OCH3 is 3. The fraction of sp³-hybridized carbons (Fsp3) is 0.738. The van der Waals surface area contributed by atoms with Crippen molar-refractivity contribution in [3.05, 3.63) is 102 Å². The number of hydrogen-bond donors (Lipinski definition) is 4. The minimum atomic E-state index is -3.87. The highest BCUT2D eigenvalue weighted by atomic mass is 32.2. The fourth-order valence-corrected chi connectivity index (χ4v) is 17.2. The molecule has 0 aromatic heterocycles. The Hall–Kier alpha value is -4.09. The molecule has 7 unspecified atom stereocenters.